The van der Waals surface area contributed by atoms with Crippen molar-refractivity contribution in [1.82, 2.24) is 10.6 Å². The van der Waals surface area contributed by atoms with Crippen LogP contribution < -0.4 is 10.6 Å². The highest BCUT2D eigenvalue weighted by Gasteiger charge is 2.64. The standard InChI is InChI=1S/C10H15F3N2O2/c11-10(12,13)9(1-2-9)15-8(16)5-7-6-14-3-4-17-7/h7,14H,1-6H2,(H,15,16). The molecule has 0 aromatic rings. The molecule has 1 aliphatic carbocycles. The molecule has 1 aliphatic heterocycles. The quantitative estimate of drug-likeness (QED) is 0.772. The van der Waals surface area contributed by atoms with E-state index in [0.717, 1.165) is 0 Å². The van der Waals surface area contributed by atoms with Crippen LogP contribution in [-0.4, -0.2) is 43.4 Å². The third kappa shape index (κ3) is 2.90. The van der Waals surface area contributed by atoms with Crippen molar-refractivity contribution < 1.29 is 22.7 Å². The number of morpholine rings is 1. The van der Waals surface area contributed by atoms with E-state index in [1.54, 1.807) is 0 Å². The SMILES string of the molecule is O=C(CC1CNCCO1)NC1(C(F)(F)F)CC1. The van der Waals surface area contributed by atoms with Crippen molar-refractivity contribution in [3.63, 3.8) is 0 Å². The molecule has 7 heteroatoms. The Morgan fingerprint density at radius 3 is 2.65 bits per heavy atom. The lowest BCUT2D eigenvalue weighted by Crippen LogP contribution is -2.49. The maximum Gasteiger partial charge on any atom is 0.411 e. The van der Waals surface area contributed by atoms with Crippen molar-refractivity contribution in [1.29, 1.82) is 0 Å². The summed E-state index contributed by atoms with van der Waals surface area (Å²) in [5.74, 6) is -0.589. The monoisotopic (exact) mass is 252 g/mol. The van der Waals surface area contributed by atoms with Crippen molar-refractivity contribution in [3.05, 3.63) is 0 Å². The predicted octanol–water partition coefficient (Wildman–Crippen LogP) is 0.576. The smallest absolute Gasteiger partial charge is 0.375 e. The molecule has 1 unspecified atom stereocenters. The summed E-state index contributed by atoms with van der Waals surface area (Å²) in [5.41, 5.74) is -1.97. The number of carbonyl (C=O) groups excluding carboxylic acids is 1. The van der Waals surface area contributed by atoms with Gasteiger partial charge in [0.2, 0.25) is 5.91 Å². The third-order valence-corrected chi connectivity index (χ3v) is 3.09. The Labute approximate surface area is 96.9 Å². The molecule has 1 atom stereocenters. The molecule has 98 valence electrons. The lowest BCUT2D eigenvalue weighted by atomic mass is 10.2. The second-order valence-electron chi connectivity index (χ2n) is 4.53. The van der Waals surface area contributed by atoms with Crippen molar-refractivity contribution in [2.75, 3.05) is 19.7 Å². The van der Waals surface area contributed by atoms with Gasteiger partial charge in [0.15, 0.2) is 0 Å². The number of carbonyl (C=O) groups is 1. The summed E-state index contributed by atoms with van der Waals surface area (Å²) in [4.78, 5) is 11.5. The number of amides is 1. The van der Waals surface area contributed by atoms with Crippen LogP contribution in [0.5, 0.6) is 0 Å². The van der Waals surface area contributed by atoms with Crippen molar-refractivity contribution in [2.45, 2.75) is 37.1 Å². The van der Waals surface area contributed by atoms with E-state index < -0.39 is 17.6 Å². The van der Waals surface area contributed by atoms with Crippen molar-refractivity contribution in [3.8, 4) is 0 Å². The third-order valence-electron chi connectivity index (χ3n) is 3.09. The predicted molar refractivity (Wildman–Crippen MR) is 53.4 cm³/mol. The van der Waals surface area contributed by atoms with Crippen molar-refractivity contribution in [2.24, 2.45) is 0 Å². The molecule has 2 N–H and O–H groups in total. The fraction of sp³-hybridized carbons (Fsp3) is 0.900. The van der Waals surface area contributed by atoms with E-state index in [0.29, 0.717) is 19.7 Å². The second kappa shape index (κ2) is 4.45. The molecule has 0 radical (unpaired) electrons. The summed E-state index contributed by atoms with van der Waals surface area (Å²) in [6.45, 7) is 1.71. The van der Waals surface area contributed by atoms with Gasteiger partial charge in [0, 0.05) is 13.1 Å². The number of halogens is 3. The van der Waals surface area contributed by atoms with Gasteiger partial charge in [-0.3, -0.25) is 4.79 Å². The zero-order chi connectivity index (χ0) is 12.5. The minimum absolute atomic E-state index is 0.0218. The molecule has 1 saturated heterocycles. The minimum atomic E-state index is -4.35. The number of hydrogen-bond acceptors (Lipinski definition) is 3. The Morgan fingerprint density at radius 2 is 2.18 bits per heavy atom. The summed E-state index contributed by atoms with van der Waals surface area (Å²) >= 11 is 0. The lowest BCUT2D eigenvalue weighted by Gasteiger charge is -2.25. The molecular weight excluding hydrogens is 237 g/mol. The molecule has 17 heavy (non-hydrogen) atoms. The minimum Gasteiger partial charge on any atom is -0.375 e. The van der Waals surface area contributed by atoms with Gasteiger partial charge in [-0.1, -0.05) is 0 Å². The normalized spacial score (nSPS) is 27.6. The van der Waals surface area contributed by atoms with Crippen LogP contribution in [0.3, 0.4) is 0 Å². The van der Waals surface area contributed by atoms with Crippen LogP contribution >= 0.6 is 0 Å². The van der Waals surface area contributed by atoms with E-state index in [9.17, 15) is 18.0 Å². The lowest BCUT2D eigenvalue weighted by molar-refractivity contribution is -0.171. The molecule has 0 aromatic heterocycles. The molecule has 4 nitrogen and oxygen atoms in total. The molecule has 0 spiro atoms. The van der Waals surface area contributed by atoms with E-state index in [4.69, 9.17) is 4.74 Å². The average molecular weight is 252 g/mol. The molecule has 1 saturated carbocycles. The zero-order valence-electron chi connectivity index (χ0n) is 9.27. The highest BCUT2D eigenvalue weighted by atomic mass is 19.4. The second-order valence-corrected chi connectivity index (χ2v) is 4.53. The topological polar surface area (TPSA) is 50.4 Å². The number of hydrogen-bond donors (Lipinski definition) is 2. The summed E-state index contributed by atoms with van der Waals surface area (Å²) in [6, 6.07) is 0. The van der Waals surface area contributed by atoms with Crippen LogP contribution in [0, 0.1) is 0 Å². The number of alkyl halides is 3. The number of ether oxygens (including phenoxy) is 1. The van der Waals surface area contributed by atoms with E-state index in [-0.39, 0.29) is 25.4 Å². The van der Waals surface area contributed by atoms with E-state index in [1.807, 2.05) is 0 Å². The van der Waals surface area contributed by atoms with Gasteiger partial charge in [-0.2, -0.15) is 13.2 Å². The molecule has 1 heterocycles. The van der Waals surface area contributed by atoms with Gasteiger partial charge in [-0.25, -0.2) is 0 Å². The van der Waals surface area contributed by atoms with Crippen LogP contribution in [0.1, 0.15) is 19.3 Å². The zero-order valence-corrected chi connectivity index (χ0v) is 9.27. The Balaban J connectivity index is 1.81. The number of nitrogens with one attached hydrogen (secondary N) is 2. The average Bonchev–Trinajstić information content (AvgIpc) is 2.99. The first-order valence-electron chi connectivity index (χ1n) is 5.63. The van der Waals surface area contributed by atoms with Crippen molar-refractivity contribution >= 4 is 5.91 Å². The molecule has 2 fully saturated rings. The largest absolute Gasteiger partial charge is 0.411 e. The summed E-state index contributed by atoms with van der Waals surface area (Å²) < 4.78 is 43.0. The fourth-order valence-electron chi connectivity index (χ4n) is 1.88. The van der Waals surface area contributed by atoms with Crippen LogP contribution in [0.25, 0.3) is 0 Å². The highest BCUT2D eigenvalue weighted by Crippen LogP contribution is 2.48. The Hall–Kier alpha value is -0.820. The molecule has 2 aliphatic rings. The summed E-state index contributed by atoms with van der Waals surface area (Å²) in [7, 11) is 0. The first kappa shape index (κ1) is 12.6. The maximum atomic E-state index is 12.6. The first-order chi connectivity index (χ1) is 7.93. The van der Waals surface area contributed by atoms with Gasteiger partial charge < -0.3 is 15.4 Å². The molecule has 0 bridgehead atoms. The summed E-state index contributed by atoms with van der Waals surface area (Å²) in [6.07, 6.45) is -4.75. The van der Waals surface area contributed by atoms with Crippen LogP contribution in [0.2, 0.25) is 0 Å². The van der Waals surface area contributed by atoms with E-state index >= 15 is 0 Å². The highest BCUT2D eigenvalue weighted by molar-refractivity contribution is 5.78. The maximum absolute atomic E-state index is 12.6. The molecule has 0 aromatic carbocycles. The van der Waals surface area contributed by atoms with Gasteiger partial charge in [0.05, 0.1) is 19.1 Å². The van der Waals surface area contributed by atoms with Gasteiger partial charge in [0.25, 0.3) is 0 Å². The Bertz CT molecular complexity index is 296. The van der Waals surface area contributed by atoms with Gasteiger partial charge >= 0.3 is 6.18 Å². The van der Waals surface area contributed by atoms with Gasteiger partial charge in [-0.15, -0.1) is 0 Å². The van der Waals surface area contributed by atoms with Crippen LogP contribution in [0.15, 0.2) is 0 Å². The first-order valence-corrected chi connectivity index (χ1v) is 5.63. The van der Waals surface area contributed by atoms with Gasteiger partial charge in [0.1, 0.15) is 5.54 Å². The number of rotatable bonds is 3. The van der Waals surface area contributed by atoms with E-state index in [2.05, 4.69) is 10.6 Å². The summed E-state index contributed by atoms with van der Waals surface area (Å²) in [5, 5.41) is 5.10. The molecule has 2 rings (SSSR count). The Kier molecular flexibility index (Phi) is 3.31. The molecule has 1 amide bonds. The van der Waals surface area contributed by atoms with Crippen LogP contribution in [0.4, 0.5) is 13.2 Å². The van der Waals surface area contributed by atoms with E-state index in [1.165, 1.54) is 0 Å². The fourth-order valence-corrected chi connectivity index (χ4v) is 1.88. The van der Waals surface area contributed by atoms with Crippen LogP contribution in [-0.2, 0) is 9.53 Å². The molecular formula is C10H15F3N2O2. The Morgan fingerprint density at radius 1 is 1.47 bits per heavy atom. The van der Waals surface area contributed by atoms with Gasteiger partial charge in [-0.05, 0) is 12.8 Å².